The van der Waals surface area contributed by atoms with E-state index in [0.717, 1.165) is 27.5 Å². The Balaban J connectivity index is 1.50. The first-order valence-electron chi connectivity index (χ1n) is 9.14. The molecule has 2 aromatic heterocycles. The first kappa shape index (κ1) is 19.3. The molecule has 4 rings (SSSR count). The zero-order valence-electron chi connectivity index (χ0n) is 15.5. The minimum atomic E-state index is -0.309. The van der Waals surface area contributed by atoms with Crippen LogP contribution >= 0.6 is 22.9 Å². The lowest BCUT2D eigenvalue weighted by Gasteiger charge is -2.18. The van der Waals surface area contributed by atoms with Gasteiger partial charge in [-0.05, 0) is 29.8 Å². The van der Waals surface area contributed by atoms with Crippen LogP contribution < -0.4 is 5.32 Å². The fourth-order valence-electron chi connectivity index (χ4n) is 3.04. The van der Waals surface area contributed by atoms with Gasteiger partial charge in [-0.3, -0.25) is 9.78 Å². The van der Waals surface area contributed by atoms with Crippen LogP contribution in [-0.4, -0.2) is 15.9 Å². The van der Waals surface area contributed by atoms with E-state index in [-0.39, 0.29) is 18.4 Å². The molecule has 0 aliphatic carbocycles. The molecule has 2 aromatic carbocycles. The van der Waals surface area contributed by atoms with Gasteiger partial charge in [0.1, 0.15) is 5.01 Å². The third kappa shape index (κ3) is 4.88. The number of carbonyl (C=O) groups is 1. The SMILES string of the molecule is O=C(Cc1csc(-c2cccc(Cl)c2)n1)NC(c1ccccc1)c1ccccn1. The van der Waals surface area contributed by atoms with Crippen molar-refractivity contribution in [3.05, 3.63) is 106 Å². The molecule has 29 heavy (non-hydrogen) atoms. The second-order valence-electron chi connectivity index (χ2n) is 6.50. The molecule has 0 radical (unpaired) electrons. The van der Waals surface area contributed by atoms with Gasteiger partial charge < -0.3 is 5.32 Å². The van der Waals surface area contributed by atoms with Gasteiger partial charge >= 0.3 is 0 Å². The number of aromatic nitrogens is 2. The fraction of sp³-hybridized carbons (Fsp3) is 0.0870. The molecule has 144 valence electrons. The van der Waals surface area contributed by atoms with Gasteiger partial charge in [-0.1, -0.05) is 60.1 Å². The van der Waals surface area contributed by atoms with E-state index >= 15 is 0 Å². The van der Waals surface area contributed by atoms with Crippen LogP contribution in [0.15, 0.2) is 84.4 Å². The molecule has 4 nitrogen and oxygen atoms in total. The van der Waals surface area contributed by atoms with Crippen molar-refractivity contribution in [1.82, 2.24) is 15.3 Å². The van der Waals surface area contributed by atoms with Crippen molar-refractivity contribution in [3.63, 3.8) is 0 Å². The van der Waals surface area contributed by atoms with E-state index < -0.39 is 0 Å². The van der Waals surface area contributed by atoms with Gasteiger partial charge in [0.2, 0.25) is 5.91 Å². The fourth-order valence-corrected chi connectivity index (χ4v) is 4.05. The Hall–Kier alpha value is -3.02. The maximum absolute atomic E-state index is 12.8. The van der Waals surface area contributed by atoms with Crippen LogP contribution in [0.2, 0.25) is 5.02 Å². The number of thiazole rings is 1. The van der Waals surface area contributed by atoms with Gasteiger partial charge in [-0.25, -0.2) is 4.98 Å². The Morgan fingerprint density at radius 2 is 1.86 bits per heavy atom. The lowest BCUT2D eigenvalue weighted by atomic mass is 10.0. The third-order valence-electron chi connectivity index (χ3n) is 4.39. The number of hydrogen-bond donors (Lipinski definition) is 1. The smallest absolute Gasteiger partial charge is 0.226 e. The van der Waals surface area contributed by atoms with Crippen molar-refractivity contribution in [1.29, 1.82) is 0 Å². The largest absolute Gasteiger partial charge is 0.343 e. The van der Waals surface area contributed by atoms with Crippen molar-refractivity contribution in [2.45, 2.75) is 12.5 Å². The van der Waals surface area contributed by atoms with E-state index in [0.29, 0.717) is 5.02 Å². The van der Waals surface area contributed by atoms with Crippen LogP contribution in [0.25, 0.3) is 10.6 Å². The van der Waals surface area contributed by atoms with Gasteiger partial charge in [0, 0.05) is 22.2 Å². The Bertz CT molecular complexity index is 1060. The van der Waals surface area contributed by atoms with E-state index in [1.165, 1.54) is 11.3 Å². The second-order valence-corrected chi connectivity index (χ2v) is 7.79. The summed E-state index contributed by atoms with van der Waals surface area (Å²) < 4.78 is 0. The molecule has 0 spiro atoms. The Labute approximate surface area is 178 Å². The highest BCUT2D eigenvalue weighted by Crippen LogP contribution is 2.26. The monoisotopic (exact) mass is 419 g/mol. The average Bonchev–Trinajstić information content (AvgIpc) is 3.22. The minimum absolute atomic E-state index is 0.104. The van der Waals surface area contributed by atoms with Gasteiger partial charge in [0.15, 0.2) is 0 Å². The summed E-state index contributed by atoms with van der Waals surface area (Å²) in [5, 5.41) is 6.52. The molecule has 1 N–H and O–H groups in total. The molecule has 0 bridgehead atoms. The van der Waals surface area contributed by atoms with Crippen molar-refractivity contribution < 1.29 is 4.79 Å². The summed E-state index contributed by atoms with van der Waals surface area (Å²) in [7, 11) is 0. The highest BCUT2D eigenvalue weighted by molar-refractivity contribution is 7.13. The molecule has 0 fully saturated rings. The zero-order valence-corrected chi connectivity index (χ0v) is 17.0. The summed E-state index contributed by atoms with van der Waals surface area (Å²) in [5.74, 6) is -0.104. The van der Waals surface area contributed by atoms with Gasteiger partial charge in [0.25, 0.3) is 0 Å². The topological polar surface area (TPSA) is 54.9 Å². The molecular formula is C23H18ClN3OS. The standard InChI is InChI=1S/C23H18ClN3OS/c24-18-10-6-9-17(13-18)23-26-19(15-29-23)14-21(28)27-22(16-7-2-1-3-8-16)20-11-4-5-12-25-20/h1-13,15,22H,14H2,(H,27,28). The van der Waals surface area contributed by atoms with E-state index in [4.69, 9.17) is 11.6 Å². The number of hydrogen-bond acceptors (Lipinski definition) is 4. The molecule has 0 aliphatic heterocycles. The first-order chi connectivity index (χ1) is 14.2. The van der Waals surface area contributed by atoms with Crippen LogP contribution in [0.1, 0.15) is 23.0 Å². The maximum Gasteiger partial charge on any atom is 0.226 e. The lowest BCUT2D eigenvalue weighted by molar-refractivity contribution is -0.121. The lowest BCUT2D eigenvalue weighted by Crippen LogP contribution is -2.31. The number of rotatable bonds is 6. The van der Waals surface area contributed by atoms with Crippen LogP contribution in [-0.2, 0) is 11.2 Å². The summed E-state index contributed by atoms with van der Waals surface area (Å²) >= 11 is 7.57. The molecule has 0 saturated carbocycles. The zero-order chi connectivity index (χ0) is 20.1. The molecular weight excluding hydrogens is 402 g/mol. The predicted molar refractivity (Wildman–Crippen MR) is 117 cm³/mol. The highest BCUT2D eigenvalue weighted by atomic mass is 35.5. The number of benzene rings is 2. The van der Waals surface area contributed by atoms with Crippen LogP contribution in [0.4, 0.5) is 0 Å². The van der Waals surface area contributed by atoms with Crippen molar-refractivity contribution >= 4 is 28.8 Å². The number of nitrogens with zero attached hydrogens (tertiary/aromatic N) is 2. The Kier molecular flexibility index (Phi) is 5.98. The normalized spacial score (nSPS) is 11.8. The summed E-state index contributed by atoms with van der Waals surface area (Å²) in [6.45, 7) is 0. The van der Waals surface area contributed by atoms with Gasteiger partial charge in [-0.15, -0.1) is 11.3 Å². The Morgan fingerprint density at radius 3 is 2.62 bits per heavy atom. The van der Waals surface area contributed by atoms with Crippen molar-refractivity contribution in [2.24, 2.45) is 0 Å². The maximum atomic E-state index is 12.8. The summed E-state index contributed by atoms with van der Waals surface area (Å²) in [5.41, 5.74) is 3.46. The molecule has 2 heterocycles. The van der Waals surface area contributed by atoms with E-state index in [1.807, 2.05) is 78.2 Å². The van der Waals surface area contributed by atoms with Gasteiger partial charge in [0.05, 0.1) is 23.9 Å². The quantitative estimate of drug-likeness (QED) is 0.461. The number of halogens is 1. The summed E-state index contributed by atoms with van der Waals surface area (Å²) in [4.78, 5) is 21.8. The molecule has 6 heteroatoms. The number of nitrogens with one attached hydrogen (secondary N) is 1. The molecule has 1 atom stereocenters. The average molecular weight is 420 g/mol. The van der Waals surface area contributed by atoms with Crippen LogP contribution in [0, 0.1) is 0 Å². The van der Waals surface area contributed by atoms with Crippen LogP contribution in [0.3, 0.4) is 0 Å². The second kappa shape index (κ2) is 8.99. The molecule has 0 saturated heterocycles. The summed E-state index contributed by atoms with van der Waals surface area (Å²) in [6, 6.07) is 22.8. The minimum Gasteiger partial charge on any atom is -0.343 e. The van der Waals surface area contributed by atoms with E-state index in [2.05, 4.69) is 15.3 Å². The van der Waals surface area contributed by atoms with Crippen molar-refractivity contribution in [3.8, 4) is 10.6 Å². The number of amides is 1. The molecule has 0 aliphatic rings. The number of pyridine rings is 1. The van der Waals surface area contributed by atoms with Gasteiger partial charge in [-0.2, -0.15) is 0 Å². The first-order valence-corrected chi connectivity index (χ1v) is 10.4. The third-order valence-corrected chi connectivity index (χ3v) is 5.56. The highest BCUT2D eigenvalue weighted by Gasteiger charge is 2.19. The molecule has 4 aromatic rings. The molecule has 1 unspecified atom stereocenters. The van der Waals surface area contributed by atoms with E-state index in [9.17, 15) is 4.79 Å². The van der Waals surface area contributed by atoms with E-state index in [1.54, 1.807) is 6.20 Å². The molecule has 1 amide bonds. The van der Waals surface area contributed by atoms with Crippen molar-refractivity contribution in [2.75, 3.05) is 0 Å². The Morgan fingerprint density at radius 1 is 1.03 bits per heavy atom. The predicted octanol–water partition coefficient (Wildman–Crippen LogP) is 5.31. The summed E-state index contributed by atoms with van der Waals surface area (Å²) in [6.07, 6.45) is 1.93. The van der Waals surface area contributed by atoms with Crippen LogP contribution in [0.5, 0.6) is 0 Å². The number of carbonyl (C=O) groups excluding carboxylic acids is 1.